The Labute approximate surface area is 272 Å². The summed E-state index contributed by atoms with van der Waals surface area (Å²) >= 11 is 0. The van der Waals surface area contributed by atoms with Gasteiger partial charge >= 0.3 is 12.3 Å². The number of nitrogens with zero attached hydrogens (tertiary/aromatic N) is 2. The molecule has 1 heterocycles. The van der Waals surface area contributed by atoms with Crippen LogP contribution in [0.5, 0.6) is 5.75 Å². The summed E-state index contributed by atoms with van der Waals surface area (Å²) < 4.78 is 161. The molecular weight excluding hydrogens is 673 g/mol. The van der Waals surface area contributed by atoms with Crippen molar-refractivity contribution in [1.82, 2.24) is 9.97 Å². The Morgan fingerprint density at radius 1 is 0.571 bits per heavy atom. The molecule has 0 amide bonds. The molecular formula is C35H23F11N2O. The van der Waals surface area contributed by atoms with Gasteiger partial charge in [0.05, 0.1) is 0 Å². The first kappa shape index (κ1) is 35.3. The third kappa shape index (κ3) is 7.68. The van der Waals surface area contributed by atoms with E-state index in [1.807, 2.05) is 0 Å². The average Bonchev–Trinajstić information content (AvgIpc) is 2.99. The fourth-order valence-electron chi connectivity index (χ4n) is 5.10. The molecule has 0 aliphatic carbocycles. The van der Waals surface area contributed by atoms with Crippen LogP contribution >= 0.6 is 0 Å². The summed E-state index contributed by atoms with van der Waals surface area (Å²) in [6, 6.07) is 6.46. The van der Waals surface area contributed by atoms with E-state index in [-0.39, 0.29) is 35.2 Å². The van der Waals surface area contributed by atoms with E-state index in [0.29, 0.717) is 24.3 Å². The highest BCUT2D eigenvalue weighted by atomic mass is 19.4. The van der Waals surface area contributed by atoms with Gasteiger partial charge in [0.25, 0.3) is 0 Å². The van der Waals surface area contributed by atoms with E-state index in [9.17, 15) is 26.3 Å². The summed E-state index contributed by atoms with van der Waals surface area (Å²) in [6.07, 6.45) is -3.11. The highest BCUT2D eigenvalue weighted by molar-refractivity contribution is 5.69. The van der Waals surface area contributed by atoms with Crippen molar-refractivity contribution >= 4 is 0 Å². The predicted molar refractivity (Wildman–Crippen MR) is 157 cm³/mol. The molecule has 1 aromatic heterocycles. The van der Waals surface area contributed by atoms with E-state index < -0.39 is 80.8 Å². The Balaban J connectivity index is 1.36. The molecule has 0 atom stereocenters. The molecule has 0 N–H and O–H groups in total. The highest BCUT2D eigenvalue weighted by Crippen LogP contribution is 2.40. The molecule has 5 aromatic rings. The molecule has 0 aliphatic rings. The smallest absolute Gasteiger partial charge is 0.429 e. The number of benzene rings is 4. The minimum absolute atomic E-state index is 0.192. The van der Waals surface area contributed by atoms with Gasteiger partial charge in [0, 0.05) is 35.2 Å². The van der Waals surface area contributed by atoms with Crippen LogP contribution < -0.4 is 4.74 Å². The van der Waals surface area contributed by atoms with Gasteiger partial charge in [-0.1, -0.05) is 31.9 Å². The maximum atomic E-state index is 15.1. The van der Waals surface area contributed by atoms with E-state index in [0.717, 1.165) is 37.3 Å². The van der Waals surface area contributed by atoms with E-state index in [1.54, 1.807) is 12.4 Å². The number of ether oxygens (including phenoxy) is 1. The van der Waals surface area contributed by atoms with E-state index in [1.165, 1.54) is 12.1 Å². The first-order valence-corrected chi connectivity index (χ1v) is 14.6. The SMILES string of the molecule is CCCCCc1cnc(-c2ccc(-c3cc(F)c(C(F)(F)Oc4ccc(-c5cc(F)c(C(F)(F)F)c(F)c5)c(F)c4)c(F)c3)c(F)c2)nc1. The number of halogens is 11. The third-order valence-electron chi connectivity index (χ3n) is 7.47. The summed E-state index contributed by atoms with van der Waals surface area (Å²) in [5.74, 6) is -11.0. The number of aromatic nitrogens is 2. The van der Waals surface area contributed by atoms with E-state index in [4.69, 9.17) is 0 Å². The predicted octanol–water partition coefficient (Wildman–Crippen LogP) is 11.2. The zero-order valence-corrected chi connectivity index (χ0v) is 25.2. The lowest BCUT2D eigenvalue weighted by atomic mass is 10.00. The standard InChI is InChI=1S/C35H23F11N2O/c1-2-3-4-5-18-16-47-33(48-17-18)19-6-8-23(25(36)10-19)21-13-29(40)32(30(41)14-21)35(45,46)49-22-7-9-24(26(37)15-22)20-11-27(38)31(28(39)12-20)34(42,43)44/h6-17H,2-5H2,1H3. The van der Waals surface area contributed by atoms with Gasteiger partial charge in [-0.3, -0.25) is 0 Å². The van der Waals surface area contributed by atoms with Crippen molar-refractivity contribution in [1.29, 1.82) is 0 Å². The Kier molecular flexibility index (Phi) is 9.97. The van der Waals surface area contributed by atoms with Gasteiger partial charge in [0.1, 0.15) is 51.8 Å². The molecule has 0 aliphatic heterocycles. The molecule has 0 radical (unpaired) electrons. The normalized spacial score (nSPS) is 12.0. The van der Waals surface area contributed by atoms with Gasteiger partial charge in [-0.25, -0.2) is 36.3 Å². The fourth-order valence-corrected chi connectivity index (χ4v) is 5.10. The lowest BCUT2D eigenvalue weighted by molar-refractivity contribution is -0.189. The van der Waals surface area contributed by atoms with Crippen LogP contribution in [0.15, 0.2) is 73.1 Å². The van der Waals surface area contributed by atoms with Gasteiger partial charge in [0.2, 0.25) is 0 Å². The number of hydrogen-bond donors (Lipinski definition) is 0. The van der Waals surface area contributed by atoms with Gasteiger partial charge < -0.3 is 4.74 Å². The van der Waals surface area contributed by atoms with Gasteiger partial charge in [-0.05, 0) is 72.0 Å². The molecule has 0 spiro atoms. The van der Waals surface area contributed by atoms with Crippen LogP contribution in [-0.2, 0) is 18.7 Å². The van der Waals surface area contributed by atoms with Crippen LogP contribution in [0, 0.1) is 34.9 Å². The van der Waals surface area contributed by atoms with Crippen LogP contribution in [0.4, 0.5) is 48.3 Å². The first-order valence-electron chi connectivity index (χ1n) is 14.6. The van der Waals surface area contributed by atoms with Crippen molar-refractivity contribution in [3.05, 3.63) is 125 Å². The van der Waals surface area contributed by atoms with Crippen molar-refractivity contribution in [2.45, 2.75) is 44.9 Å². The molecule has 5 rings (SSSR count). The molecule has 0 saturated heterocycles. The Bertz CT molecular complexity index is 1950. The van der Waals surface area contributed by atoms with Crippen LogP contribution in [0.3, 0.4) is 0 Å². The quantitative estimate of drug-likeness (QED) is 0.108. The Morgan fingerprint density at radius 2 is 1.06 bits per heavy atom. The summed E-state index contributed by atoms with van der Waals surface area (Å²) in [6.45, 7) is 2.07. The summed E-state index contributed by atoms with van der Waals surface area (Å²) in [5, 5.41) is 0. The Hall–Kier alpha value is -5.01. The number of unbranched alkanes of at least 4 members (excludes halogenated alkanes) is 2. The minimum atomic E-state index is -5.38. The van der Waals surface area contributed by atoms with Gasteiger partial charge in [-0.15, -0.1) is 0 Å². The molecule has 0 unspecified atom stereocenters. The lowest BCUT2D eigenvalue weighted by Crippen LogP contribution is -2.25. The lowest BCUT2D eigenvalue weighted by Gasteiger charge is -2.20. The molecule has 256 valence electrons. The van der Waals surface area contributed by atoms with Crippen LogP contribution in [-0.4, -0.2) is 9.97 Å². The van der Waals surface area contributed by atoms with Crippen molar-refractivity contribution in [3.8, 4) is 39.4 Å². The topological polar surface area (TPSA) is 35.0 Å². The van der Waals surface area contributed by atoms with Crippen molar-refractivity contribution in [2.24, 2.45) is 0 Å². The van der Waals surface area contributed by atoms with Crippen LogP contribution in [0.25, 0.3) is 33.6 Å². The molecule has 3 nitrogen and oxygen atoms in total. The maximum absolute atomic E-state index is 15.1. The molecule has 0 fully saturated rings. The molecule has 14 heteroatoms. The minimum Gasteiger partial charge on any atom is -0.429 e. The number of rotatable bonds is 10. The summed E-state index contributed by atoms with van der Waals surface area (Å²) in [7, 11) is 0. The first-order chi connectivity index (χ1) is 23.1. The van der Waals surface area contributed by atoms with E-state index >= 15 is 22.0 Å². The van der Waals surface area contributed by atoms with Crippen LogP contribution in [0.1, 0.15) is 42.9 Å². The van der Waals surface area contributed by atoms with Crippen molar-refractivity contribution in [2.75, 3.05) is 0 Å². The van der Waals surface area contributed by atoms with Crippen molar-refractivity contribution < 1.29 is 53.0 Å². The fraction of sp³-hybridized carbons (Fsp3) is 0.200. The second-order valence-electron chi connectivity index (χ2n) is 11.0. The summed E-state index contributed by atoms with van der Waals surface area (Å²) in [5.41, 5.74) is -5.10. The van der Waals surface area contributed by atoms with Gasteiger partial charge in [-0.2, -0.15) is 22.0 Å². The highest BCUT2D eigenvalue weighted by Gasteiger charge is 2.42. The second-order valence-corrected chi connectivity index (χ2v) is 11.0. The molecule has 0 bridgehead atoms. The zero-order chi connectivity index (χ0) is 35.7. The molecule has 0 saturated carbocycles. The monoisotopic (exact) mass is 696 g/mol. The third-order valence-corrected chi connectivity index (χ3v) is 7.47. The van der Waals surface area contributed by atoms with Gasteiger partial charge in [0.15, 0.2) is 5.82 Å². The maximum Gasteiger partial charge on any atom is 0.432 e. The number of aryl methyl sites for hydroxylation is 1. The summed E-state index contributed by atoms with van der Waals surface area (Å²) in [4.78, 5) is 8.46. The second kappa shape index (κ2) is 13.8. The molecule has 49 heavy (non-hydrogen) atoms. The zero-order valence-electron chi connectivity index (χ0n) is 25.2. The average molecular weight is 697 g/mol. The molecule has 4 aromatic carbocycles. The number of alkyl halides is 5. The van der Waals surface area contributed by atoms with E-state index in [2.05, 4.69) is 21.6 Å². The van der Waals surface area contributed by atoms with Crippen molar-refractivity contribution in [3.63, 3.8) is 0 Å². The number of hydrogen-bond acceptors (Lipinski definition) is 3. The van der Waals surface area contributed by atoms with Crippen LogP contribution in [0.2, 0.25) is 0 Å². The Morgan fingerprint density at radius 3 is 1.55 bits per heavy atom. The largest absolute Gasteiger partial charge is 0.432 e.